The molecule has 1 aliphatic heterocycles. The Labute approximate surface area is 160 Å². The molecule has 1 aliphatic rings. The molecule has 0 spiro atoms. The number of nitrogen functional groups attached to an aromatic ring is 1. The molecule has 0 bridgehead atoms. The van der Waals surface area contributed by atoms with Crippen molar-refractivity contribution in [3.05, 3.63) is 80.2 Å². The molecule has 3 aromatic rings. The minimum Gasteiger partial charge on any atom is -0.399 e. The first-order valence-electron chi connectivity index (χ1n) is 8.53. The molecule has 4 rings (SSSR count). The number of hydrogen-bond acceptors (Lipinski definition) is 4. The second-order valence-corrected chi connectivity index (χ2v) is 7.47. The van der Waals surface area contributed by atoms with Crippen LogP contribution in [-0.4, -0.2) is 21.4 Å². The summed E-state index contributed by atoms with van der Waals surface area (Å²) in [5, 5.41) is 0. The summed E-state index contributed by atoms with van der Waals surface area (Å²) in [5.74, 6) is 0.606. The van der Waals surface area contributed by atoms with Crippen LogP contribution in [-0.2, 0) is 19.5 Å². The topological polar surface area (TPSA) is 75.0 Å². The number of aromatic nitrogens is 2. The zero-order valence-electron chi connectivity index (χ0n) is 14.2. The number of fused-ring (bicyclic) bond motifs is 1. The standard InChI is InChI=1S/C20H19BrN4O/c21-15-3-1-2-13(10-15)11-25-9-8-18-17(12-25)20(26)24-19(23-18)14-4-6-16(22)7-5-14/h1-7,10H,8-9,11-12,22H2,(H,23,24,26). The van der Waals surface area contributed by atoms with E-state index in [1.807, 2.05) is 36.4 Å². The number of H-pyrrole nitrogens is 1. The maximum atomic E-state index is 12.6. The van der Waals surface area contributed by atoms with Gasteiger partial charge in [0.05, 0.1) is 11.3 Å². The number of rotatable bonds is 3. The fourth-order valence-electron chi connectivity index (χ4n) is 3.29. The molecule has 0 amide bonds. The number of nitrogens with zero attached hydrogens (tertiary/aromatic N) is 2. The Balaban J connectivity index is 1.58. The van der Waals surface area contributed by atoms with Gasteiger partial charge in [-0.3, -0.25) is 9.69 Å². The molecule has 0 fully saturated rings. The van der Waals surface area contributed by atoms with Crippen LogP contribution >= 0.6 is 15.9 Å². The molecular formula is C20H19BrN4O. The second kappa shape index (κ2) is 7.05. The van der Waals surface area contributed by atoms with Gasteiger partial charge >= 0.3 is 0 Å². The van der Waals surface area contributed by atoms with Gasteiger partial charge in [-0.1, -0.05) is 28.1 Å². The van der Waals surface area contributed by atoms with E-state index < -0.39 is 0 Å². The molecule has 0 atom stereocenters. The molecule has 1 aromatic heterocycles. The Morgan fingerprint density at radius 2 is 2.00 bits per heavy atom. The van der Waals surface area contributed by atoms with Crippen molar-refractivity contribution in [3.8, 4) is 11.4 Å². The van der Waals surface area contributed by atoms with E-state index in [2.05, 4.69) is 37.9 Å². The van der Waals surface area contributed by atoms with Crippen molar-refractivity contribution in [2.45, 2.75) is 19.5 Å². The Bertz CT molecular complexity index is 997. The third kappa shape index (κ3) is 3.57. The molecule has 0 saturated heterocycles. The Kier molecular flexibility index (Phi) is 4.61. The quantitative estimate of drug-likeness (QED) is 0.649. The average Bonchev–Trinajstić information content (AvgIpc) is 2.63. The van der Waals surface area contributed by atoms with Crippen LogP contribution in [0.1, 0.15) is 16.8 Å². The van der Waals surface area contributed by atoms with E-state index in [1.165, 1.54) is 5.56 Å². The predicted octanol–water partition coefficient (Wildman–Crippen LogP) is 3.34. The van der Waals surface area contributed by atoms with Gasteiger partial charge in [0, 0.05) is 41.8 Å². The molecule has 5 nitrogen and oxygen atoms in total. The first-order valence-corrected chi connectivity index (χ1v) is 9.32. The molecule has 26 heavy (non-hydrogen) atoms. The number of hydrogen-bond donors (Lipinski definition) is 2. The molecule has 2 heterocycles. The summed E-state index contributed by atoms with van der Waals surface area (Å²) in [6.07, 6.45) is 0.773. The minimum atomic E-state index is -0.0548. The molecule has 2 aromatic carbocycles. The Morgan fingerprint density at radius 3 is 2.77 bits per heavy atom. The number of aromatic amines is 1. The highest BCUT2D eigenvalue weighted by atomic mass is 79.9. The normalized spacial score (nSPS) is 14.2. The lowest BCUT2D eigenvalue weighted by Gasteiger charge is -2.27. The number of halogens is 1. The lowest BCUT2D eigenvalue weighted by molar-refractivity contribution is 0.242. The zero-order valence-corrected chi connectivity index (χ0v) is 15.8. The summed E-state index contributed by atoms with van der Waals surface area (Å²) in [6, 6.07) is 15.6. The van der Waals surface area contributed by atoms with Crippen molar-refractivity contribution in [3.63, 3.8) is 0 Å². The maximum absolute atomic E-state index is 12.6. The van der Waals surface area contributed by atoms with Crippen LogP contribution in [0.15, 0.2) is 57.8 Å². The van der Waals surface area contributed by atoms with Crippen molar-refractivity contribution >= 4 is 21.6 Å². The first kappa shape index (κ1) is 17.0. The van der Waals surface area contributed by atoms with E-state index in [-0.39, 0.29) is 5.56 Å². The van der Waals surface area contributed by atoms with E-state index in [9.17, 15) is 4.79 Å². The fraction of sp³-hybridized carbons (Fsp3) is 0.200. The van der Waals surface area contributed by atoms with E-state index >= 15 is 0 Å². The summed E-state index contributed by atoms with van der Waals surface area (Å²) >= 11 is 3.51. The van der Waals surface area contributed by atoms with Crippen LogP contribution < -0.4 is 11.3 Å². The zero-order chi connectivity index (χ0) is 18.1. The summed E-state index contributed by atoms with van der Waals surface area (Å²) in [6.45, 7) is 2.32. The highest BCUT2D eigenvalue weighted by molar-refractivity contribution is 9.10. The van der Waals surface area contributed by atoms with Gasteiger partial charge in [0.2, 0.25) is 0 Å². The van der Waals surface area contributed by atoms with Crippen LogP contribution in [0, 0.1) is 0 Å². The number of nitrogens with two attached hydrogens (primary N) is 1. The maximum Gasteiger partial charge on any atom is 0.255 e. The van der Waals surface area contributed by atoms with Gasteiger partial charge in [0.15, 0.2) is 0 Å². The first-order chi connectivity index (χ1) is 12.6. The largest absolute Gasteiger partial charge is 0.399 e. The third-order valence-electron chi connectivity index (χ3n) is 4.63. The summed E-state index contributed by atoms with van der Waals surface area (Å²) in [4.78, 5) is 22.5. The van der Waals surface area contributed by atoms with E-state index in [1.54, 1.807) is 0 Å². The van der Waals surface area contributed by atoms with Gasteiger partial charge in [-0.2, -0.15) is 0 Å². The van der Waals surface area contributed by atoms with Crippen LogP contribution in [0.25, 0.3) is 11.4 Å². The second-order valence-electron chi connectivity index (χ2n) is 6.55. The lowest BCUT2D eigenvalue weighted by atomic mass is 10.1. The minimum absolute atomic E-state index is 0.0548. The summed E-state index contributed by atoms with van der Waals surface area (Å²) in [7, 11) is 0. The molecule has 0 aliphatic carbocycles. The molecular weight excluding hydrogens is 392 g/mol. The average molecular weight is 411 g/mol. The van der Waals surface area contributed by atoms with Gasteiger partial charge < -0.3 is 10.7 Å². The van der Waals surface area contributed by atoms with Crippen molar-refractivity contribution in [2.75, 3.05) is 12.3 Å². The van der Waals surface area contributed by atoms with Gasteiger partial charge in [-0.05, 0) is 42.0 Å². The number of anilines is 1. The monoisotopic (exact) mass is 410 g/mol. The Hall–Kier alpha value is -2.44. The molecule has 0 saturated carbocycles. The van der Waals surface area contributed by atoms with Crippen LogP contribution in [0.3, 0.4) is 0 Å². The van der Waals surface area contributed by atoms with Crippen LogP contribution in [0.2, 0.25) is 0 Å². The van der Waals surface area contributed by atoms with Gasteiger partial charge in [-0.25, -0.2) is 4.98 Å². The van der Waals surface area contributed by atoms with E-state index in [4.69, 9.17) is 10.7 Å². The van der Waals surface area contributed by atoms with Crippen molar-refractivity contribution in [1.82, 2.24) is 14.9 Å². The van der Waals surface area contributed by atoms with Gasteiger partial charge in [-0.15, -0.1) is 0 Å². The van der Waals surface area contributed by atoms with Crippen molar-refractivity contribution in [1.29, 1.82) is 0 Å². The lowest BCUT2D eigenvalue weighted by Crippen LogP contribution is -2.35. The van der Waals surface area contributed by atoms with Crippen LogP contribution in [0.5, 0.6) is 0 Å². The van der Waals surface area contributed by atoms with Gasteiger partial charge in [0.25, 0.3) is 5.56 Å². The number of benzene rings is 2. The highest BCUT2D eigenvalue weighted by Crippen LogP contribution is 2.21. The van der Waals surface area contributed by atoms with E-state index in [0.717, 1.165) is 40.8 Å². The molecule has 0 unspecified atom stereocenters. The van der Waals surface area contributed by atoms with Crippen molar-refractivity contribution in [2.24, 2.45) is 0 Å². The highest BCUT2D eigenvalue weighted by Gasteiger charge is 2.21. The SMILES string of the molecule is Nc1ccc(-c2nc3c(c(=O)[nH]2)CN(Cc2cccc(Br)c2)CC3)cc1. The smallest absolute Gasteiger partial charge is 0.255 e. The molecule has 3 N–H and O–H groups in total. The Morgan fingerprint density at radius 1 is 1.19 bits per heavy atom. The van der Waals surface area contributed by atoms with E-state index in [0.29, 0.717) is 18.1 Å². The molecule has 132 valence electrons. The summed E-state index contributed by atoms with van der Waals surface area (Å²) < 4.78 is 1.07. The third-order valence-corrected chi connectivity index (χ3v) is 5.12. The number of nitrogens with one attached hydrogen (secondary N) is 1. The summed E-state index contributed by atoms with van der Waals surface area (Å²) in [5.41, 5.74) is 10.1. The predicted molar refractivity (Wildman–Crippen MR) is 107 cm³/mol. The van der Waals surface area contributed by atoms with Gasteiger partial charge in [0.1, 0.15) is 5.82 Å². The molecule has 6 heteroatoms. The van der Waals surface area contributed by atoms with Crippen LogP contribution in [0.4, 0.5) is 5.69 Å². The van der Waals surface area contributed by atoms with Crippen molar-refractivity contribution < 1.29 is 0 Å². The molecule has 0 radical (unpaired) electrons. The fourth-order valence-corrected chi connectivity index (χ4v) is 3.73.